The Bertz CT molecular complexity index is 113. The minimum absolute atomic E-state index is 0.155. The average molecular weight is 173 g/mol. The predicted octanol–water partition coefficient (Wildman–Crippen LogP) is 1.16. The summed E-state index contributed by atoms with van der Waals surface area (Å²) in [5, 5.41) is 3.26. The van der Waals surface area contributed by atoms with Crippen LogP contribution >= 0.6 is 0 Å². The Labute approximate surface area is 74.7 Å². The summed E-state index contributed by atoms with van der Waals surface area (Å²) in [6.45, 7) is 6.48. The first-order valence-electron chi connectivity index (χ1n) is 4.14. The van der Waals surface area contributed by atoms with Crippen molar-refractivity contribution in [2.45, 2.75) is 25.7 Å². The fraction of sp³-hybridized carbons (Fsp3) is 0.778. The minimum Gasteiger partial charge on any atom is -0.355 e. The van der Waals surface area contributed by atoms with E-state index in [0.29, 0.717) is 12.6 Å². The lowest BCUT2D eigenvalue weighted by Gasteiger charge is -2.17. The van der Waals surface area contributed by atoms with E-state index in [9.17, 15) is 0 Å². The molecule has 3 heteroatoms. The van der Waals surface area contributed by atoms with Crippen molar-refractivity contribution < 1.29 is 9.47 Å². The van der Waals surface area contributed by atoms with E-state index in [1.165, 1.54) is 0 Å². The molecule has 1 N–H and O–H groups in total. The molecule has 0 fully saturated rings. The molecule has 72 valence electrons. The molecule has 1 atom stereocenters. The van der Waals surface area contributed by atoms with Gasteiger partial charge in [0, 0.05) is 26.8 Å². The minimum atomic E-state index is -0.155. The van der Waals surface area contributed by atoms with Crippen LogP contribution in [-0.2, 0) is 9.47 Å². The molecule has 1 unspecified atom stereocenters. The summed E-state index contributed by atoms with van der Waals surface area (Å²) in [5.74, 6) is 0. The van der Waals surface area contributed by atoms with Crippen LogP contribution in [0.1, 0.15) is 13.3 Å². The van der Waals surface area contributed by atoms with Crippen LogP contribution in [0.4, 0.5) is 0 Å². The number of methoxy groups -OCH3 is 2. The van der Waals surface area contributed by atoms with Crippen molar-refractivity contribution in [3.05, 3.63) is 12.7 Å². The molecule has 0 amide bonds. The smallest absolute Gasteiger partial charge is 0.169 e. The topological polar surface area (TPSA) is 30.5 Å². The Balaban J connectivity index is 3.43. The maximum Gasteiger partial charge on any atom is 0.169 e. The largest absolute Gasteiger partial charge is 0.355 e. The van der Waals surface area contributed by atoms with E-state index < -0.39 is 0 Å². The van der Waals surface area contributed by atoms with Crippen molar-refractivity contribution in [3.63, 3.8) is 0 Å². The molecule has 3 nitrogen and oxygen atoms in total. The standard InChI is InChI=1S/C9H19NO2/c1-5-6-8(2)10-7-9(11-3)12-4/h5,8-10H,1,6-7H2,2-4H3. The van der Waals surface area contributed by atoms with E-state index in [4.69, 9.17) is 9.47 Å². The normalized spacial score (nSPS) is 13.3. The molecule has 0 aliphatic rings. The van der Waals surface area contributed by atoms with E-state index >= 15 is 0 Å². The van der Waals surface area contributed by atoms with E-state index in [1.807, 2.05) is 6.08 Å². The van der Waals surface area contributed by atoms with Gasteiger partial charge in [0.1, 0.15) is 0 Å². The van der Waals surface area contributed by atoms with Gasteiger partial charge in [-0.15, -0.1) is 6.58 Å². The van der Waals surface area contributed by atoms with Crippen LogP contribution in [-0.4, -0.2) is 33.1 Å². The number of hydrogen-bond donors (Lipinski definition) is 1. The number of nitrogens with one attached hydrogen (secondary N) is 1. The molecule has 0 aliphatic carbocycles. The van der Waals surface area contributed by atoms with E-state index in [0.717, 1.165) is 6.42 Å². The molecule has 0 spiro atoms. The number of ether oxygens (including phenoxy) is 2. The van der Waals surface area contributed by atoms with Crippen LogP contribution in [0.5, 0.6) is 0 Å². The second-order valence-corrected chi connectivity index (χ2v) is 2.73. The van der Waals surface area contributed by atoms with Crippen molar-refractivity contribution in [3.8, 4) is 0 Å². The highest BCUT2D eigenvalue weighted by atomic mass is 16.7. The summed E-state index contributed by atoms with van der Waals surface area (Å²) in [6, 6.07) is 0.426. The molecule has 12 heavy (non-hydrogen) atoms. The summed E-state index contributed by atoms with van der Waals surface area (Å²) in [6.07, 6.45) is 2.70. The number of rotatable bonds is 7. The van der Waals surface area contributed by atoms with Crippen molar-refractivity contribution in [1.29, 1.82) is 0 Å². The summed E-state index contributed by atoms with van der Waals surface area (Å²) >= 11 is 0. The van der Waals surface area contributed by atoms with Gasteiger partial charge < -0.3 is 14.8 Å². The van der Waals surface area contributed by atoms with Crippen molar-refractivity contribution in [1.82, 2.24) is 5.32 Å². The lowest BCUT2D eigenvalue weighted by atomic mass is 10.2. The number of hydrogen-bond acceptors (Lipinski definition) is 3. The lowest BCUT2D eigenvalue weighted by Crippen LogP contribution is -2.35. The van der Waals surface area contributed by atoms with Gasteiger partial charge in [0.2, 0.25) is 0 Å². The highest BCUT2D eigenvalue weighted by Gasteiger charge is 2.05. The molecule has 0 aromatic carbocycles. The Hall–Kier alpha value is -0.380. The van der Waals surface area contributed by atoms with Crippen LogP contribution in [0, 0.1) is 0 Å². The van der Waals surface area contributed by atoms with Gasteiger partial charge in [0.25, 0.3) is 0 Å². The Morgan fingerprint density at radius 3 is 2.42 bits per heavy atom. The molecule has 0 heterocycles. The first-order valence-corrected chi connectivity index (χ1v) is 4.14. The quantitative estimate of drug-likeness (QED) is 0.463. The molecule has 0 radical (unpaired) electrons. The third-order valence-electron chi connectivity index (χ3n) is 1.68. The highest BCUT2D eigenvalue weighted by Crippen LogP contribution is 1.93. The monoisotopic (exact) mass is 173 g/mol. The first kappa shape index (κ1) is 11.6. The maximum absolute atomic E-state index is 5.02. The summed E-state index contributed by atoms with van der Waals surface area (Å²) in [4.78, 5) is 0. The SMILES string of the molecule is C=CCC(C)NCC(OC)OC. The van der Waals surface area contributed by atoms with Gasteiger partial charge in [-0.1, -0.05) is 6.08 Å². The Morgan fingerprint density at radius 2 is 2.00 bits per heavy atom. The summed E-state index contributed by atoms with van der Waals surface area (Å²) < 4.78 is 10.0. The summed E-state index contributed by atoms with van der Waals surface area (Å²) in [5.41, 5.74) is 0. The predicted molar refractivity (Wildman–Crippen MR) is 50.1 cm³/mol. The van der Waals surface area contributed by atoms with Crippen LogP contribution in [0.2, 0.25) is 0 Å². The molecular formula is C9H19NO2. The van der Waals surface area contributed by atoms with Gasteiger partial charge >= 0.3 is 0 Å². The second-order valence-electron chi connectivity index (χ2n) is 2.73. The van der Waals surface area contributed by atoms with Crippen molar-refractivity contribution in [2.75, 3.05) is 20.8 Å². The first-order chi connectivity index (χ1) is 5.74. The van der Waals surface area contributed by atoms with Crippen LogP contribution in [0.15, 0.2) is 12.7 Å². The molecular weight excluding hydrogens is 154 g/mol. The zero-order valence-corrected chi connectivity index (χ0v) is 8.17. The molecule has 0 aliphatic heterocycles. The molecule has 0 saturated carbocycles. The van der Waals surface area contributed by atoms with Gasteiger partial charge in [-0.25, -0.2) is 0 Å². The van der Waals surface area contributed by atoms with Gasteiger partial charge in [0.15, 0.2) is 6.29 Å². The van der Waals surface area contributed by atoms with Gasteiger partial charge in [0.05, 0.1) is 0 Å². The highest BCUT2D eigenvalue weighted by molar-refractivity contribution is 4.74. The fourth-order valence-corrected chi connectivity index (χ4v) is 0.894. The van der Waals surface area contributed by atoms with Gasteiger partial charge in [-0.3, -0.25) is 0 Å². The molecule has 0 aromatic heterocycles. The maximum atomic E-state index is 5.02. The van der Waals surface area contributed by atoms with E-state index in [1.54, 1.807) is 14.2 Å². The van der Waals surface area contributed by atoms with E-state index in [-0.39, 0.29) is 6.29 Å². The van der Waals surface area contributed by atoms with Crippen LogP contribution in [0.25, 0.3) is 0 Å². The zero-order chi connectivity index (χ0) is 9.40. The van der Waals surface area contributed by atoms with E-state index in [2.05, 4.69) is 18.8 Å². The van der Waals surface area contributed by atoms with Crippen molar-refractivity contribution >= 4 is 0 Å². The third kappa shape index (κ3) is 5.29. The van der Waals surface area contributed by atoms with Crippen LogP contribution < -0.4 is 5.32 Å². The van der Waals surface area contributed by atoms with Gasteiger partial charge in [-0.2, -0.15) is 0 Å². The molecule has 0 rings (SSSR count). The lowest BCUT2D eigenvalue weighted by molar-refractivity contribution is -0.0996. The van der Waals surface area contributed by atoms with Gasteiger partial charge in [-0.05, 0) is 13.3 Å². The second kappa shape index (κ2) is 7.28. The average Bonchev–Trinajstić information content (AvgIpc) is 2.07. The molecule has 0 saturated heterocycles. The molecule has 0 aromatic rings. The van der Waals surface area contributed by atoms with Crippen LogP contribution in [0.3, 0.4) is 0 Å². The summed E-state index contributed by atoms with van der Waals surface area (Å²) in [7, 11) is 3.27. The Morgan fingerprint density at radius 1 is 1.42 bits per heavy atom. The zero-order valence-electron chi connectivity index (χ0n) is 8.17. The molecule has 0 bridgehead atoms. The Kier molecular flexibility index (Phi) is 7.05. The van der Waals surface area contributed by atoms with Crippen molar-refractivity contribution in [2.24, 2.45) is 0 Å². The fourth-order valence-electron chi connectivity index (χ4n) is 0.894. The third-order valence-corrected chi connectivity index (χ3v) is 1.68.